The van der Waals surface area contributed by atoms with Crippen LogP contribution in [-0.2, 0) is 11.3 Å². The first kappa shape index (κ1) is 17.9. The van der Waals surface area contributed by atoms with E-state index in [1.807, 2.05) is 6.07 Å². The zero-order valence-electron chi connectivity index (χ0n) is 15.0. The third kappa shape index (κ3) is 3.64. The Kier molecular flexibility index (Phi) is 5.03. The van der Waals surface area contributed by atoms with E-state index >= 15 is 0 Å². The number of carbonyl (C=O) groups excluding carboxylic acids is 1. The van der Waals surface area contributed by atoms with Crippen LogP contribution in [0.4, 0.5) is 0 Å². The highest BCUT2D eigenvalue weighted by atomic mass is 32.2. The van der Waals surface area contributed by atoms with E-state index in [2.05, 4.69) is 0 Å². The van der Waals surface area contributed by atoms with Crippen LogP contribution in [0.3, 0.4) is 0 Å². The molecular formula is C20H20N2O4S. The minimum absolute atomic E-state index is 0.131. The molecule has 1 aliphatic rings. The van der Waals surface area contributed by atoms with Crippen LogP contribution in [0.2, 0.25) is 0 Å². The zero-order chi connectivity index (χ0) is 18.8. The van der Waals surface area contributed by atoms with Crippen LogP contribution in [-0.4, -0.2) is 27.9 Å². The quantitative estimate of drug-likeness (QED) is 0.491. The van der Waals surface area contributed by atoms with Crippen molar-refractivity contribution in [2.75, 3.05) is 7.11 Å². The van der Waals surface area contributed by atoms with Crippen LogP contribution in [0.15, 0.2) is 51.0 Å². The number of esters is 1. The van der Waals surface area contributed by atoms with E-state index in [4.69, 9.17) is 14.1 Å². The number of ether oxygens (including phenoxy) is 1. The molecule has 0 amide bonds. The van der Waals surface area contributed by atoms with Gasteiger partial charge in [-0.05, 0) is 43.2 Å². The normalized spacial score (nSPS) is 14.7. The van der Waals surface area contributed by atoms with Crippen LogP contribution < -0.4 is 5.56 Å². The van der Waals surface area contributed by atoms with Crippen molar-refractivity contribution in [2.45, 2.75) is 42.6 Å². The molecule has 27 heavy (non-hydrogen) atoms. The Balaban J connectivity index is 1.82. The number of aromatic nitrogens is 2. The lowest BCUT2D eigenvalue weighted by Gasteiger charge is -2.15. The molecular weight excluding hydrogens is 364 g/mol. The Morgan fingerprint density at radius 1 is 1.33 bits per heavy atom. The van der Waals surface area contributed by atoms with Gasteiger partial charge in [0, 0.05) is 5.25 Å². The molecule has 0 bridgehead atoms. The summed E-state index contributed by atoms with van der Waals surface area (Å²) in [4.78, 5) is 29.7. The second kappa shape index (κ2) is 7.60. The number of nitrogens with zero attached hydrogens (tertiary/aromatic N) is 2. The van der Waals surface area contributed by atoms with Crippen LogP contribution in [0, 0.1) is 0 Å². The van der Waals surface area contributed by atoms with E-state index in [-0.39, 0.29) is 5.56 Å². The van der Waals surface area contributed by atoms with E-state index < -0.39 is 5.97 Å². The van der Waals surface area contributed by atoms with Gasteiger partial charge in [0.15, 0.2) is 5.16 Å². The zero-order valence-corrected chi connectivity index (χ0v) is 15.8. The summed E-state index contributed by atoms with van der Waals surface area (Å²) >= 11 is 1.64. The Labute approximate surface area is 160 Å². The first-order valence-electron chi connectivity index (χ1n) is 8.97. The first-order chi connectivity index (χ1) is 13.2. The third-order valence-electron chi connectivity index (χ3n) is 4.81. The van der Waals surface area contributed by atoms with Crippen molar-refractivity contribution in [3.63, 3.8) is 0 Å². The monoisotopic (exact) mass is 384 g/mol. The predicted molar refractivity (Wildman–Crippen MR) is 103 cm³/mol. The molecule has 0 atom stereocenters. The highest BCUT2D eigenvalue weighted by Crippen LogP contribution is 2.34. The molecule has 1 aromatic carbocycles. The molecule has 1 saturated carbocycles. The van der Waals surface area contributed by atoms with Crippen molar-refractivity contribution in [3.8, 4) is 0 Å². The fourth-order valence-corrected chi connectivity index (χ4v) is 4.68. The maximum Gasteiger partial charge on any atom is 0.337 e. The molecule has 0 radical (unpaired) electrons. The molecule has 0 spiro atoms. The van der Waals surface area contributed by atoms with Crippen LogP contribution in [0.5, 0.6) is 0 Å². The Morgan fingerprint density at radius 2 is 2.15 bits per heavy atom. The minimum atomic E-state index is -0.441. The first-order valence-corrected chi connectivity index (χ1v) is 9.85. The highest BCUT2D eigenvalue weighted by molar-refractivity contribution is 7.99. The van der Waals surface area contributed by atoms with E-state index in [1.54, 1.807) is 46.9 Å². The van der Waals surface area contributed by atoms with Crippen molar-refractivity contribution in [3.05, 3.63) is 58.3 Å². The lowest BCUT2D eigenvalue weighted by molar-refractivity contribution is 0.0601. The van der Waals surface area contributed by atoms with Crippen LogP contribution in [0.1, 0.15) is 41.8 Å². The number of hydrogen-bond donors (Lipinski definition) is 0. The van der Waals surface area contributed by atoms with Gasteiger partial charge in [-0.1, -0.05) is 24.6 Å². The number of hydrogen-bond acceptors (Lipinski definition) is 6. The SMILES string of the molecule is COC(=O)c1ccc2c(=O)n(Cc3ccco3)c(SC3CCCC3)nc2c1. The number of benzene rings is 1. The molecule has 0 saturated heterocycles. The molecule has 140 valence electrons. The van der Waals surface area contributed by atoms with Gasteiger partial charge in [0.05, 0.1) is 36.4 Å². The summed E-state index contributed by atoms with van der Waals surface area (Å²) in [5.74, 6) is 0.265. The summed E-state index contributed by atoms with van der Waals surface area (Å²) in [6.45, 7) is 0.336. The molecule has 7 heteroatoms. The average Bonchev–Trinajstić information content (AvgIpc) is 3.38. The lowest BCUT2D eigenvalue weighted by Crippen LogP contribution is -2.24. The van der Waals surface area contributed by atoms with Crippen LogP contribution in [0.25, 0.3) is 10.9 Å². The van der Waals surface area contributed by atoms with Crippen molar-refractivity contribution >= 4 is 28.6 Å². The minimum Gasteiger partial charge on any atom is -0.467 e. The molecule has 2 heterocycles. The molecule has 0 aliphatic heterocycles. The topological polar surface area (TPSA) is 74.3 Å². The van der Waals surface area contributed by atoms with Gasteiger partial charge in [0.2, 0.25) is 0 Å². The van der Waals surface area contributed by atoms with Gasteiger partial charge in [-0.2, -0.15) is 0 Å². The summed E-state index contributed by atoms with van der Waals surface area (Å²) in [5.41, 5.74) is 0.768. The fourth-order valence-electron chi connectivity index (χ4n) is 3.39. The van der Waals surface area contributed by atoms with Gasteiger partial charge in [0.25, 0.3) is 5.56 Å². The Hall–Kier alpha value is -2.54. The van der Waals surface area contributed by atoms with Crippen molar-refractivity contribution in [2.24, 2.45) is 0 Å². The molecule has 1 aliphatic carbocycles. The predicted octanol–water partition coefficient (Wildman–Crippen LogP) is 3.86. The summed E-state index contributed by atoms with van der Waals surface area (Å²) in [6, 6.07) is 8.51. The standard InChI is InChI=1S/C20H20N2O4S/c1-25-19(24)13-8-9-16-17(11-13)21-20(27-15-6-2-3-7-15)22(18(16)23)12-14-5-4-10-26-14/h4-5,8-11,15H,2-3,6-7,12H2,1H3. The van der Waals surface area contributed by atoms with Gasteiger partial charge in [-0.25, -0.2) is 9.78 Å². The Morgan fingerprint density at radius 3 is 2.85 bits per heavy atom. The van der Waals surface area contributed by atoms with Gasteiger partial charge in [-0.15, -0.1) is 0 Å². The maximum atomic E-state index is 13.2. The molecule has 0 N–H and O–H groups in total. The number of methoxy groups -OCH3 is 1. The number of thioether (sulfide) groups is 1. The van der Waals surface area contributed by atoms with Crippen LogP contribution >= 0.6 is 11.8 Å². The highest BCUT2D eigenvalue weighted by Gasteiger charge is 2.21. The average molecular weight is 384 g/mol. The number of rotatable bonds is 5. The second-order valence-electron chi connectivity index (χ2n) is 6.61. The molecule has 6 nitrogen and oxygen atoms in total. The third-order valence-corrected chi connectivity index (χ3v) is 6.14. The Bertz CT molecular complexity index is 1020. The van der Waals surface area contributed by atoms with Gasteiger partial charge in [-0.3, -0.25) is 9.36 Å². The van der Waals surface area contributed by atoms with E-state index in [0.717, 1.165) is 12.8 Å². The number of carbonyl (C=O) groups is 1. The van der Waals surface area contributed by atoms with Crippen molar-refractivity contribution in [1.82, 2.24) is 9.55 Å². The summed E-state index contributed by atoms with van der Waals surface area (Å²) in [7, 11) is 1.34. The smallest absolute Gasteiger partial charge is 0.337 e. The maximum absolute atomic E-state index is 13.2. The fraction of sp³-hybridized carbons (Fsp3) is 0.350. The van der Waals surface area contributed by atoms with Gasteiger partial charge in [0.1, 0.15) is 5.76 Å². The van der Waals surface area contributed by atoms with E-state index in [9.17, 15) is 9.59 Å². The molecule has 2 aromatic heterocycles. The molecule has 1 fully saturated rings. The van der Waals surface area contributed by atoms with E-state index in [1.165, 1.54) is 20.0 Å². The summed E-state index contributed by atoms with van der Waals surface area (Å²) in [6.07, 6.45) is 6.27. The second-order valence-corrected chi connectivity index (χ2v) is 7.88. The van der Waals surface area contributed by atoms with Crippen molar-refractivity contribution < 1.29 is 13.9 Å². The lowest BCUT2D eigenvalue weighted by atomic mass is 10.1. The van der Waals surface area contributed by atoms with E-state index in [0.29, 0.717) is 39.2 Å². The molecule has 3 aromatic rings. The number of fused-ring (bicyclic) bond motifs is 1. The number of furan rings is 1. The van der Waals surface area contributed by atoms with Gasteiger partial charge < -0.3 is 9.15 Å². The molecule has 0 unspecified atom stereocenters. The van der Waals surface area contributed by atoms with Gasteiger partial charge >= 0.3 is 5.97 Å². The summed E-state index contributed by atoms with van der Waals surface area (Å²) < 4.78 is 11.9. The molecule has 4 rings (SSSR count). The van der Waals surface area contributed by atoms with Crippen molar-refractivity contribution in [1.29, 1.82) is 0 Å². The summed E-state index contributed by atoms with van der Waals surface area (Å²) in [5, 5.41) is 1.60. The largest absolute Gasteiger partial charge is 0.467 e.